The molecule has 1 amide bonds. The summed E-state index contributed by atoms with van der Waals surface area (Å²) in [5.74, 6) is 0.576. The van der Waals surface area contributed by atoms with Crippen LogP contribution in [-0.2, 0) is 17.8 Å². The van der Waals surface area contributed by atoms with Gasteiger partial charge in [-0.15, -0.1) is 0 Å². The summed E-state index contributed by atoms with van der Waals surface area (Å²) < 4.78 is 6.48. The van der Waals surface area contributed by atoms with E-state index in [0.717, 1.165) is 0 Å². The zero-order valence-corrected chi connectivity index (χ0v) is 17.4. The SMILES string of the molecule is COc1cccc(NC(=O)Cn2c(-c3ccc(Cl)cc3)nc(C)c(CCO)c2=O)c1. The molecule has 2 aromatic carbocycles. The van der Waals surface area contributed by atoms with Crippen molar-refractivity contribution in [1.82, 2.24) is 9.55 Å². The second kappa shape index (κ2) is 9.56. The number of methoxy groups -OCH3 is 1. The molecule has 0 unspecified atom stereocenters. The largest absolute Gasteiger partial charge is 0.497 e. The lowest BCUT2D eigenvalue weighted by Crippen LogP contribution is -2.33. The normalized spacial score (nSPS) is 10.7. The number of carbonyl (C=O) groups is 1. The Morgan fingerprint density at radius 1 is 1.23 bits per heavy atom. The Kier molecular flexibility index (Phi) is 6.87. The third-order valence-corrected chi connectivity index (χ3v) is 4.84. The number of hydrogen-bond acceptors (Lipinski definition) is 5. The number of rotatable bonds is 7. The molecule has 0 aliphatic carbocycles. The lowest BCUT2D eigenvalue weighted by Gasteiger charge is -2.16. The molecule has 0 saturated heterocycles. The molecule has 0 aliphatic rings. The van der Waals surface area contributed by atoms with Gasteiger partial charge in [-0.05, 0) is 43.3 Å². The minimum Gasteiger partial charge on any atom is -0.497 e. The van der Waals surface area contributed by atoms with E-state index in [-0.39, 0.29) is 31.0 Å². The molecule has 0 aliphatic heterocycles. The molecule has 0 atom stereocenters. The van der Waals surface area contributed by atoms with Crippen molar-refractivity contribution in [2.45, 2.75) is 19.9 Å². The van der Waals surface area contributed by atoms with E-state index in [1.165, 1.54) is 4.57 Å². The molecule has 1 heterocycles. The minimum atomic E-state index is -0.388. The van der Waals surface area contributed by atoms with Crippen LogP contribution in [0.2, 0.25) is 5.02 Å². The van der Waals surface area contributed by atoms with Gasteiger partial charge in [0.1, 0.15) is 18.1 Å². The third-order valence-electron chi connectivity index (χ3n) is 4.59. The fraction of sp³-hybridized carbons (Fsp3) is 0.227. The second-order valence-corrected chi connectivity index (χ2v) is 7.09. The molecule has 2 N–H and O–H groups in total. The van der Waals surface area contributed by atoms with Gasteiger partial charge in [0.05, 0.1) is 7.11 Å². The second-order valence-electron chi connectivity index (χ2n) is 6.65. The topological polar surface area (TPSA) is 93.4 Å². The number of nitrogens with zero attached hydrogens (tertiary/aromatic N) is 2. The van der Waals surface area contributed by atoms with E-state index in [2.05, 4.69) is 10.3 Å². The Hall–Kier alpha value is -3.16. The van der Waals surface area contributed by atoms with Gasteiger partial charge in [0.15, 0.2) is 0 Å². The van der Waals surface area contributed by atoms with Crippen LogP contribution in [0.25, 0.3) is 11.4 Å². The number of ether oxygens (including phenoxy) is 1. The number of aliphatic hydroxyl groups excluding tert-OH is 1. The van der Waals surface area contributed by atoms with Crippen LogP contribution >= 0.6 is 11.6 Å². The molecular weight excluding hydrogens is 406 g/mol. The Labute approximate surface area is 178 Å². The number of carbonyl (C=O) groups excluding carboxylic acids is 1. The molecule has 0 saturated carbocycles. The number of nitrogens with one attached hydrogen (secondary N) is 1. The van der Waals surface area contributed by atoms with Crippen LogP contribution in [0, 0.1) is 6.92 Å². The van der Waals surface area contributed by atoms with Crippen molar-refractivity contribution in [3.8, 4) is 17.1 Å². The predicted octanol–water partition coefficient (Wildman–Crippen LogP) is 3.05. The number of amides is 1. The summed E-state index contributed by atoms with van der Waals surface area (Å²) in [6, 6.07) is 13.8. The quantitative estimate of drug-likeness (QED) is 0.604. The maximum absolute atomic E-state index is 13.1. The van der Waals surface area contributed by atoms with Crippen LogP contribution in [0.15, 0.2) is 53.3 Å². The monoisotopic (exact) mass is 427 g/mol. The van der Waals surface area contributed by atoms with Gasteiger partial charge < -0.3 is 15.2 Å². The van der Waals surface area contributed by atoms with Crippen molar-refractivity contribution >= 4 is 23.2 Å². The fourth-order valence-electron chi connectivity index (χ4n) is 3.11. The van der Waals surface area contributed by atoms with E-state index < -0.39 is 0 Å². The first-order chi connectivity index (χ1) is 14.4. The molecule has 8 heteroatoms. The van der Waals surface area contributed by atoms with E-state index in [0.29, 0.717) is 39.1 Å². The van der Waals surface area contributed by atoms with Crippen molar-refractivity contribution in [3.63, 3.8) is 0 Å². The molecule has 0 spiro atoms. The number of halogens is 1. The number of hydrogen-bond donors (Lipinski definition) is 2. The first-order valence-corrected chi connectivity index (χ1v) is 9.71. The Morgan fingerprint density at radius 3 is 2.63 bits per heavy atom. The van der Waals surface area contributed by atoms with Crippen LogP contribution in [0.5, 0.6) is 5.75 Å². The van der Waals surface area contributed by atoms with Crippen molar-refractivity contribution in [1.29, 1.82) is 0 Å². The molecule has 0 bridgehead atoms. The lowest BCUT2D eigenvalue weighted by atomic mass is 10.1. The molecule has 1 aromatic heterocycles. The average Bonchev–Trinajstić information content (AvgIpc) is 2.73. The molecule has 156 valence electrons. The van der Waals surface area contributed by atoms with Crippen LogP contribution in [0.3, 0.4) is 0 Å². The summed E-state index contributed by atoms with van der Waals surface area (Å²) in [7, 11) is 1.54. The molecule has 3 aromatic rings. The summed E-state index contributed by atoms with van der Waals surface area (Å²) >= 11 is 5.98. The highest BCUT2D eigenvalue weighted by molar-refractivity contribution is 6.30. The van der Waals surface area contributed by atoms with Gasteiger partial charge in [0.25, 0.3) is 5.56 Å². The van der Waals surface area contributed by atoms with E-state index in [1.807, 2.05) is 0 Å². The Balaban J connectivity index is 2.00. The molecular formula is C22H22ClN3O4. The standard InChI is InChI=1S/C22H22ClN3O4/c1-14-19(10-11-27)22(29)26(21(24-14)15-6-8-16(23)9-7-15)13-20(28)25-17-4-3-5-18(12-17)30-2/h3-9,12,27H,10-11,13H2,1-2H3,(H,25,28). The smallest absolute Gasteiger partial charge is 0.257 e. The van der Waals surface area contributed by atoms with Crippen LogP contribution in [-0.4, -0.2) is 34.3 Å². The molecule has 0 radical (unpaired) electrons. The van der Waals surface area contributed by atoms with Gasteiger partial charge in [-0.2, -0.15) is 0 Å². The molecule has 30 heavy (non-hydrogen) atoms. The van der Waals surface area contributed by atoms with Gasteiger partial charge in [0, 0.05) is 46.6 Å². The third kappa shape index (κ3) is 4.87. The minimum absolute atomic E-state index is 0.163. The van der Waals surface area contributed by atoms with E-state index >= 15 is 0 Å². The summed E-state index contributed by atoms with van der Waals surface area (Å²) in [6.07, 6.45) is 0.163. The number of anilines is 1. The maximum atomic E-state index is 13.1. The molecule has 3 rings (SSSR count). The summed E-state index contributed by atoms with van der Waals surface area (Å²) in [6.45, 7) is 1.29. The van der Waals surface area contributed by atoms with Gasteiger partial charge in [0.2, 0.25) is 5.91 Å². The Bertz CT molecular complexity index is 1110. The predicted molar refractivity (Wildman–Crippen MR) is 116 cm³/mol. The number of aryl methyl sites for hydroxylation is 1. The van der Waals surface area contributed by atoms with Crippen LogP contribution in [0.1, 0.15) is 11.3 Å². The van der Waals surface area contributed by atoms with E-state index in [1.54, 1.807) is 62.6 Å². The molecule has 0 fully saturated rings. The maximum Gasteiger partial charge on any atom is 0.257 e. The van der Waals surface area contributed by atoms with Crippen molar-refractivity contribution in [2.24, 2.45) is 0 Å². The lowest BCUT2D eigenvalue weighted by molar-refractivity contribution is -0.116. The first-order valence-electron chi connectivity index (χ1n) is 9.34. The summed E-state index contributed by atoms with van der Waals surface area (Å²) in [4.78, 5) is 30.4. The highest BCUT2D eigenvalue weighted by Gasteiger charge is 2.18. The summed E-state index contributed by atoms with van der Waals surface area (Å²) in [5, 5.41) is 12.6. The molecule has 7 nitrogen and oxygen atoms in total. The number of benzene rings is 2. The average molecular weight is 428 g/mol. The van der Waals surface area contributed by atoms with E-state index in [9.17, 15) is 14.7 Å². The van der Waals surface area contributed by atoms with Gasteiger partial charge in [-0.3, -0.25) is 14.2 Å². The highest BCUT2D eigenvalue weighted by atomic mass is 35.5. The van der Waals surface area contributed by atoms with Crippen LogP contribution < -0.4 is 15.6 Å². The zero-order chi connectivity index (χ0) is 21.7. The Morgan fingerprint density at radius 2 is 1.97 bits per heavy atom. The van der Waals surface area contributed by atoms with Gasteiger partial charge in [-0.1, -0.05) is 17.7 Å². The highest BCUT2D eigenvalue weighted by Crippen LogP contribution is 2.21. The number of aliphatic hydroxyl groups is 1. The van der Waals surface area contributed by atoms with Crippen molar-refractivity contribution in [3.05, 3.63) is 75.2 Å². The van der Waals surface area contributed by atoms with E-state index in [4.69, 9.17) is 16.3 Å². The number of aromatic nitrogens is 2. The summed E-state index contributed by atoms with van der Waals surface area (Å²) in [5.41, 5.74) is 1.75. The van der Waals surface area contributed by atoms with Crippen molar-refractivity contribution < 1.29 is 14.6 Å². The van der Waals surface area contributed by atoms with Gasteiger partial charge >= 0.3 is 0 Å². The first kappa shape index (κ1) is 21.5. The van der Waals surface area contributed by atoms with Crippen molar-refractivity contribution in [2.75, 3.05) is 19.0 Å². The zero-order valence-electron chi connectivity index (χ0n) is 16.7. The van der Waals surface area contributed by atoms with Gasteiger partial charge in [-0.25, -0.2) is 4.98 Å². The van der Waals surface area contributed by atoms with Crippen LogP contribution in [0.4, 0.5) is 5.69 Å². The fourth-order valence-corrected chi connectivity index (χ4v) is 3.24.